The van der Waals surface area contributed by atoms with Crippen LogP contribution in [-0.4, -0.2) is 17.9 Å². The van der Waals surface area contributed by atoms with Crippen LogP contribution >= 0.6 is 0 Å². The van der Waals surface area contributed by atoms with Crippen LogP contribution in [0.5, 0.6) is 11.5 Å². The van der Waals surface area contributed by atoms with Crippen molar-refractivity contribution in [2.45, 2.75) is 20.0 Å². The van der Waals surface area contributed by atoms with Crippen molar-refractivity contribution in [3.63, 3.8) is 0 Å². The van der Waals surface area contributed by atoms with Crippen molar-refractivity contribution >= 4 is 12.0 Å². The van der Waals surface area contributed by atoms with Crippen molar-refractivity contribution in [2.24, 2.45) is 0 Å². The SMILES string of the molecule is Cc1cc(C=O)ccc1-c1cncc(OCc2ccc(OCCc3ccc(N)cc3)cc2)c1. The summed E-state index contributed by atoms with van der Waals surface area (Å²) in [5.41, 5.74) is 12.4. The lowest BCUT2D eigenvalue weighted by Crippen LogP contribution is -2.02. The number of aldehydes is 1. The highest BCUT2D eigenvalue weighted by Gasteiger charge is 2.06. The number of pyridine rings is 1. The lowest BCUT2D eigenvalue weighted by atomic mass is 10.00. The van der Waals surface area contributed by atoms with Gasteiger partial charge in [-0.3, -0.25) is 9.78 Å². The van der Waals surface area contributed by atoms with Gasteiger partial charge in [0, 0.05) is 29.4 Å². The third-order valence-electron chi connectivity index (χ3n) is 5.38. The summed E-state index contributed by atoms with van der Waals surface area (Å²) in [4.78, 5) is 15.3. The van der Waals surface area contributed by atoms with E-state index in [0.29, 0.717) is 24.5 Å². The molecule has 0 unspecified atom stereocenters. The average Bonchev–Trinajstić information content (AvgIpc) is 2.85. The van der Waals surface area contributed by atoms with Crippen molar-refractivity contribution in [3.8, 4) is 22.6 Å². The lowest BCUT2D eigenvalue weighted by molar-refractivity contribution is 0.112. The van der Waals surface area contributed by atoms with Gasteiger partial charge in [0.05, 0.1) is 12.8 Å². The minimum absolute atomic E-state index is 0.430. The summed E-state index contributed by atoms with van der Waals surface area (Å²) in [6, 6.07) is 23.3. The molecule has 0 radical (unpaired) electrons. The van der Waals surface area contributed by atoms with Gasteiger partial charge in [0.15, 0.2) is 0 Å². The molecule has 0 aliphatic heterocycles. The molecule has 0 aliphatic rings. The molecule has 1 aromatic heterocycles. The van der Waals surface area contributed by atoms with Crippen LogP contribution < -0.4 is 15.2 Å². The van der Waals surface area contributed by atoms with Gasteiger partial charge in [0.1, 0.15) is 24.4 Å². The van der Waals surface area contributed by atoms with Crippen molar-refractivity contribution in [1.29, 1.82) is 0 Å². The van der Waals surface area contributed by atoms with Crippen LogP contribution in [0, 0.1) is 6.92 Å². The molecule has 33 heavy (non-hydrogen) atoms. The Bertz CT molecular complexity index is 1220. The Morgan fingerprint density at radius 2 is 1.61 bits per heavy atom. The first-order valence-corrected chi connectivity index (χ1v) is 10.8. The largest absolute Gasteiger partial charge is 0.493 e. The van der Waals surface area contributed by atoms with Crippen LogP contribution in [0.25, 0.3) is 11.1 Å². The number of carbonyl (C=O) groups is 1. The first-order chi connectivity index (χ1) is 16.1. The zero-order valence-corrected chi connectivity index (χ0v) is 18.5. The summed E-state index contributed by atoms with van der Waals surface area (Å²) < 4.78 is 11.8. The van der Waals surface area contributed by atoms with Gasteiger partial charge in [-0.05, 0) is 65.6 Å². The van der Waals surface area contributed by atoms with Gasteiger partial charge in [0.2, 0.25) is 0 Å². The van der Waals surface area contributed by atoms with Gasteiger partial charge in [-0.25, -0.2) is 0 Å². The van der Waals surface area contributed by atoms with Crippen molar-refractivity contribution in [3.05, 3.63) is 107 Å². The Balaban J connectivity index is 1.31. The minimum Gasteiger partial charge on any atom is -0.493 e. The van der Waals surface area contributed by atoms with Gasteiger partial charge in [-0.2, -0.15) is 0 Å². The highest BCUT2D eigenvalue weighted by molar-refractivity contribution is 5.78. The number of aryl methyl sites for hydroxylation is 1. The van der Waals surface area contributed by atoms with Crippen molar-refractivity contribution < 1.29 is 14.3 Å². The number of carbonyl (C=O) groups excluding carboxylic acids is 1. The number of nitrogen functional groups attached to an aromatic ring is 1. The number of nitrogens with two attached hydrogens (primary N) is 1. The Kier molecular flexibility index (Phi) is 7.00. The number of hydrogen-bond acceptors (Lipinski definition) is 5. The van der Waals surface area contributed by atoms with E-state index in [9.17, 15) is 4.79 Å². The molecule has 0 saturated carbocycles. The van der Waals surface area contributed by atoms with E-state index in [4.69, 9.17) is 15.2 Å². The van der Waals surface area contributed by atoms with Gasteiger partial charge in [-0.15, -0.1) is 0 Å². The van der Waals surface area contributed by atoms with Gasteiger partial charge >= 0.3 is 0 Å². The third-order valence-corrected chi connectivity index (χ3v) is 5.38. The molecule has 4 rings (SSSR count). The summed E-state index contributed by atoms with van der Waals surface area (Å²) >= 11 is 0. The van der Waals surface area contributed by atoms with Crippen LogP contribution in [0.1, 0.15) is 27.0 Å². The average molecular weight is 439 g/mol. The summed E-state index contributed by atoms with van der Waals surface area (Å²) in [7, 11) is 0. The molecule has 0 bridgehead atoms. The fourth-order valence-corrected chi connectivity index (χ4v) is 3.55. The van der Waals surface area contributed by atoms with E-state index >= 15 is 0 Å². The molecule has 1 heterocycles. The molecule has 0 atom stereocenters. The maximum absolute atomic E-state index is 11.0. The predicted molar refractivity (Wildman–Crippen MR) is 131 cm³/mol. The topological polar surface area (TPSA) is 74.4 Å². The molecule has 166 valence electrons. The number of nitrogens with zero attached hydrogens (tertiary/aromatic N) is 1. The maximum atomic E-state index is 11.0. The Morgan fingerprint density at radius 3 is 2.33 bits per heavy atom. The number of rotatable bonds is 9. The molecule has 4 aromatic rings. The second-order valence-electron chi connectivity index (χ2n) is 7.87. The lowest BCUT2D eigenvalue weighted by Gasteiger charge is -2.11. The molecule has 0 spiro atoms. The van der Waals surface area contributed by atoms with Gasteiger partial charge in [0.25, 0.3) is 0 Å². The highest BCUT2D eigenvalue weighted by Crippen LogP contribution is 2.27. The second kappa shape index (κ2) is 10.5. The maximum Gasteiger partial charge on any atom is 0.150 e. The molecule has 5 heteroatoms. The van der Waals surface area contributed by atoms with Gasteiger partial charge < -0.3 is 15.2 Å². The number of aromatic nitrogens is 1. The Hall–Kier alpha value is -4.12. The highest BCUT2D eigenvalue weighted by atomic mass is 16.5. The first-order valence-electron chi connectivity index (χ1n) is 10.8. The predicted octanol–water partition coefficient (Wildman–Crippen LogP) is 5.65. The summed E-state index contributed by atoms with van der Waals surface area (Å²) in [5, 5.41) is 0. The van der Waals surface area contributed by atoms with E-state index in [-0.39, 0.29) is 0 Å². The van der Waals surface area contributed by atoms with E-state index in [0.717, 1.165) is 46.4 Å². The number of hydrogen-bond donors (Lipinski definition) is 1. The second-order valence-corrected chi connectivity index (χ2v) is 7.87. The van der Waals surface area contributed by atoms with E-state index in [1.807, 2.05) is 79.7 Å². The normalized spacial score (nSPS) is 10.6. The standard InChI is InChI=1S/C28H26N2O3/c1-20-14-23(18-31)6-11-28(20)24-15-27(17-30-16-24)33-19-22-4-9-26(10-5-22)32-13-12-21-2-7-25(29)8-3-21/h2-11,14-18H,12-13,19,29H2,1H3. The smallest absolute Gasteiger partial charge is 0.150 e. The zero-order chi connectivity index (χ0) is 23.0. The molecule has 0 fully saturated rings. The zero-order valence-electron chi connectivity index (χ0n) is 18.5. The third kappa shape index (κ3) is 5.98. The van der Waals surface area contributed by atoms with E-state index in [2.05, 4.69) is 4.98 Å². The fraction of sp³-hybridized carbons (Fsp3) is 0.143. The summed E-state index contributed by atoms with van der Waals surface area (Å²) in [6.45, 7) is 3.01. The van der Waals surface area contributed by atoms with Gasteiger partial charge in [-0.1, -0.05) is 36.4 Å². The number of benzene rings is 3. The quantitative estimate of drug-likeness (QED) is 0.270. The Labute approximate surface area is 193 Å². The monoisotopic (exact) mass is 438 g/mol. The van der Waals surface area contributed by atoms with E-state index in [1.165, 1.54) is 5.56 Å². The number of ether oxygens (including phenoxy) is 2. The molecular formula is C28H26N2O3. The molecule has 3 aromatic carbocycles. The Morgan fingerprint density at radius 1 is 0.848 bits per heavy atom. The van der Waals surface area contributed by atoms with Crippen LogP contribution in [-0.2, 0) is 13.0 Å². The molecule has 0 aliphatic carbocycles. The minimum atomic E-state index is 0.430. The van der Waals surface area contributed by atoms with Crippen LogP contribution in [0.2, 0.25) is 0 Å². The van der Waals surface area contributed by atoms with Crippen molar-refractivity contribution in [2.75, 3.05) is 12.3 Å². The molecular weight excluding hydrogens is 412 g/mol. The molecule has 0 saturated heterocycles. The summed E-state index contributed by atoms with van der Waals surface area (Å²) in [5.74, 6) is 1.52. The fourth-order valence-electron chi connectivity index (χ4n) is 3.55. The molecule has 0 amide bonds. The van der Waals surface area contributed by atoms with Crippen LogP contribution in [0.3, 0.4) is 0 Å². The number of anilines is 1. The van der Waals surface area contributed by atoms with Crippen LogP contribution in [0.15, 0.2) is 85.2 Å². The molecule has 5 nitrogen and oxygen atoms in total. The van der Waals surface area contributed by atoms with Crippen LogP contribution in [0.4, 0.5) is 5.69 Å². The first kappa shape index (κ1) is 22.1. The molecule has 2 N–H and O–H groups in total. The van der Waals surface area contributed by atoms with E-state index < -0.39 is 0 Å². The summed E-state index contributed by atoms with van der Waals surface area (Å²) in [6.07, 6.45) is 5.18. The van der Waals surface area contributed by atoms with E-state index in [1.54, 1.807) is 12.4 Å². The van der Waals surface area contributed by atoms with Crippen molar-refractivity contribution in [1.82, 2.24) is 4.98 Å².